The molecule has 22 heavy (non-hydrogen) atoms. The van der Waals surface area contributed by atoms with Crippen LogP contribution in [0, 0.1) is 0 Å². The summed E-state index contributed by atoms with van der Waals surface area (Å²) in [6.07, 6.45) is 5.41. The minimum Gasteiger partial charge on any atom is -0.480 e. The number of carbonyl (C=O) groups excluding carboxylic acids is 1. The Labute approximate surface area is 131 Å². The Morgan fingerprint density at radius 2 is 1.82 bits per heavy atom. The number of fused-ring (bicyclic) bond motifs is 1. The van der Waals surface area contributed by atoms with Crippen molar-refractivity contribution in [1.29, 1.82) is 0 Å². The van der Waals surface area contributed by atoms with Gasteiger partial charge in [0.25, 0.3) is 5.91 Å². The Morgan fingerprint density at radius 3 is 2.64 bits per heavy atom. The maximum atomic E-state index is 12.3. The maximum absolute atomic E-state index is 12.3. The Balaban J connectivity index is 1.67. The Hall–Kier alpha value is -2.03. The lowest BCUT2D eigenvalue weighted by Gasteiger charge is -2.24. The van der Waals surface area contributed by atoms with Gasteiger partial charge in [-0.15, -0.1) is 0 Å². The number of nitrogens with one attached hydrogen (secondary N) is 1. The average molecular weight is 297 g/mol. The fraction of sp³-hybridized carbons (Fsp3) is 0.421. The zero-order valence-electron chi connectivity index (χ0n) is 13.0. The number of amides is 1. The van der Waals surface area contributed by atoms with Crippen LogP contribution in [0.5, 0.6) is 5.75 Å². The lowest BCUT2D eigenvalue weighted by atomic mass is 9.95. The van der Waals surface area contributed by atoms with Crippen LogP contribution in [-0.4, -0.2) is 18.1 Å². The first-order valence-corrected chi connectivity index (χ1v) is 8.19. The van der Waals surface area contributed by atoms with Gasteiger partial charge in [0.05, 0.1) is 0 Å². The van der Waals surface area contributed by atoms with E-state index in [1.165, 1.54) is 19.3 Å². The third-order valence-electron chi connectivity index (χ3n) is 4.37. The van der Waals surface area contributed by atoms with Gasteiger partial charge in [0, 0.05) is 11.4 Å². The molecule has 3 heteroatoms. The summed E-state index contributed by atoms with van der Waals surface area (Å²) in [4.78, 5) is 12.3. The second kappa shape index (κ2) is 6.82. The van der Waals surface area contributed by atoms with Gasteiger partial charge in [-0.3, -0.25) is 4.79 Å². The van der Waals surface area contributed by atoms with Crippen LogP contribution in [0.25, 0.3) is 10.8 Å². The molecular formula is C19H23NO2. The largest absolute Gasteiger partial charge is 0.480 e. The molecule has 3 rings (SSSR count). The fourth-order valence-corrected chi connectivity index (χ4v) is 3.11. The van der Waals surface area contributed by atoms with Crippen LogP contribution in [0.15, 0.2) is 42.5 Å². The highest BCUT2D eigenvalue weighted by molar-refractivity contribution is 5.89. The lowest BCUT2D eigenvalue weighted by Crippen LogP contribution is -2.43. The van der Waals surface area contributed by atoms with Crippen LogP contribution in [0.3, 0.4) is 0 Å². The van der Waals surface area contributed by atoms with E-state index in [2.05, 4.69) is 17.4 Å². The van der Waals surface area contributed by atoms with Gasteiger partial charge in [0.15, 0.2) is 6.10 Å². The molecule has 3 nitrogen and oxygen atoms in total. The van der Waals surface area contributed by atoms with Crippen molar-refractivity contribution in [2.45, 2.75) is 51.2 Å². The molecule has 0 bridgehead atoms. The molecule has 116 valence electrons. The minimum absolute atomic E-state index is 0.0140. The summed E-state index contributed by atoms with van der Waals surface area (Å²) in [6, 6.07) is 14.3. The molecule has 1 aliphatic carbocycles. The summed E-state index contributed by atoms with van der Waals surface area (Å²) in [5.41, 5.74) is 0. The van der Waals surface area contributed by atoms with E-state index < -0.39 is 6.10 Å². The van der Waals surface area contributed by atoms with Gasteiger partial charge in [-0.25, -0.2) is 0 Å². The smallest absolute Gasteiger partial charge is 0.260 e. The minimum atomic E-state index is -0.479. The summed E-state index contributed by atoms with van der Waals surface area (Å²) in [5.74, 6) is 0.754. The highest BCUT2D eigenvalue weighted by Crippen LogP contribution is 2.26. The van der Waals surface area contributed by atoms with Gasteiger partial charge < -0.3 is 10.1 Å². The van der Waals surface area contributed by atoms with Crippen LogP contribution in [0.1, 0.15) is 39.0 Å². The van der Waals surface area contributed by atoms with Gasteiger partial charge in [0.1, 0.15) is 5.75 Å². The topological polar surface area (TPSA) is 38.3 Å². The molecule has 0 radical (unpaired) electrons. The Bertz CT molecular complexity index is 641. The van der Waals surface area contributed by atoms with Gasteiger partial charge in [-0.2, -0.15) is 0 Å². The molecule has 0 heterocycles. The summed E-state index contributed by atoms with van der Waals surface area (Å²) in [5, 5.41) is 5.29. The lowest BCUT2D eigenvalue weighted by molar-refractivity contribution is -0.128. The van der Waals surface area contributed by atoms with Gasteiger partial charge in [-0.1, -0.05) is 55.7 Å². The standard InChI is InChI=1S/C19H23NO2/c1-14(19(21)20-16-10-3-2-4-11-16)22-18-13-7-9-15-8-5-6-12-17(15)18/h5-9,12-14,16H,2-4,10-11H2,1H3,(H,20,21). The number of ether oxygens (including phenoxy) is 1. The van der Waals surface area contributed by atoms with Crippen molar-refractivity contribution in [1.82, 2.24) is 5.32 Å². The number of hydrogen-bond acceptors (Lipinski definition) is 2. The molecule has 1 unspecified atom stereocenters. The third-order valence-corrected chi connectivity index (χ3v) is 4.37. The van der Waals surface area contributed by atoms with Crippen molar-refractivity contribution in [3.8, 4) is 5.75 Å². The van der Waals surface area contributed by atoms with E-state index in [-0.39, 0.29) is 5.91 Å². The van der Waals surface area contributed by atoms with Gasteiger partial charge in [-0.05, 0) is 31.2 Å². The number of carbonyl (C=O) groups is 1. The SMILES string of the molecule is CC(Oc1cccc2ccccc12)C(=O)NC1CCCCC1. The van der Waals surface area contributed by atoms with Crippen LogP contribution in [0.2, 0.25) is 0 Å². The van der Waals surface area contributed by atoms with Crippen LogP contribution in [-0.2, 0) is 4.79 Å². The second-order valence-corrected chi connectivity index (χ2v) is 6.08. The predicted octanol–water partition coefficient (Wildman–Crippen LogP) is 4.06. The predicted molar refractivity (Wildman–Crippen MR) is 89.1 cm³/mol. The summed E-state index contributed by atoms with van der Waals surface area (Å²) in [7, 11) is 0. The molecule has 0 saturated heterocycles. The zero-order valence-corrected chi connectivity index (χ0v) is 13.0. The molecule has 1 atom stereocenters. The summed E-state index contributed by atoms with van der Waals surface area (Å²) in [6.45, 7) is 1.82. The fourth-order valence-electron chi connectivity index (χ4n) is 3.11. The molecule has 1 aliphatic rings. The van der Waals surface area contributed by atoms with Gasteiger partial charge in [0.2, 0.25) is 0 Å². The number of benzene rings is 2. The molecule has 0 aliphatic heterocycles. The summed E-state index contributed by atoms with van der Waals surface area (Å²) < 4.78 is 5.92. The first-order valence-electron chi connectivity index (χ1n) is 8.19. The Morgan fingerprint density at radius 1 is 1.09 bits per heavy atom. The van der Waals surface area contributed by atoms with E-state index in [0.29, 0.717) is 6.04 Å². The third kappa shape index (κ3) is 3.41. The van der Waals surface area contributed by atoms with E-state index >= 15 is 0 Å². The van der Waals surface area contributed by atoms with E-state index in [1.807, 2.05) is 37.3 Å². The molecule has 2 aromatic rings. The van der Waals surface area contributed by atoms with Crippen LogP contribution < -0.4 is 10.1 Å². The van der Waals surface area contributed by atoms with E-state index in [0.717, 1.165) is 29.4 Å². The molecule has 0 spiro atoms. The van der Waals surface area contributed by atoms with Crippen molar-refractivity contribution in [2.24, 2.45) is 0 Å². The van der Waals surface area contributed by atoms with E-state index in [4.69, 9.17) is 4.74 Å². The molecule has 0 aromatic heterocycles. The zero-order chi connectivity index (χ0) is 15.4. The highest BCUT2D eigenvalue weighted by atomic mass is 16.5. The van der Waals surface area contributed by atoms with E-state index in [1.54, 1.807) is 0 Å². The maximum Gasteiger partial charge on any atom is 0.260 e. The molecular weight excluding hydrogens is 274 g/mol. The molecule has 1 saturated carbocycles. The van der Waals surface area contributed by atoms with Crippen molar-refractivity contribution >= 4 is 16.7 Å². The molecule has 1 amide bonds. The average Bonchev–Trinajstić information content (AvgIpc) is 2.56. The van der Waals surface area contributed by atoms with Gasteiger partial charge >= 0.3 is 0 Å². The normalized spacial score (nSPS) is 17.1. The molecule has 1 fully saturated rings. The van der Waals surface area contributed by atoms with E-state index in [9.17, 15) is 4.79 Å². The first-order chi connectivity index (χ1) is 10.7. The van der Waals surface area contributed by atoms with Crippen molar-refractivity contribution < 1.29 is 9.53 Å². The molecule has 2 aromatic carbocycles. The van der Waals surface area contributed by atoms with Crippen molar-refractivity contribution in [3.05, 3.63) is 42.5 Å². The van der Waals surface area contributed by atoms with Crippen molar-refractivity contribution in [2.75, 3.05) is 0 Å². The van der Waals surface area contributed by atoms with Crippen molar-refractivity contribution in [3.63, 3.8) is 0 Å². The Kier molecular flexibility index (Phi) is 4.62. The number of hydrogen-bond donors (Lipinski definition) is 1. The quantitative estimate of drug-likeness (QED) is 0.924. The summed E-state index contributed by atoms with van der Waals surface area (Å²) >= 11 is 0. The second-order valence-electron chi connectivity index (χ2n) is 6.08. The number of rotatable bonds is 4. The van der Waals surface area contributed by atoms with Crippen LogP contribution >= 0.6 is 0 Å². The highest BCUT2D eigenvalue weighted by Gasteiger charge is 2.21. The monoisotopic (exact) mass is 297 g/mol. The first kappa shape index (κ1) is 14.9. The molecule has 1 N–H and O–H groups in total. The van der Waals surface area contributed by atoms with Crippen LogP contribution in [0.4, 0.5) is 0 Å².